The lowest BCUT2D eigenvalue weighted by Crippen LogP contribution is -2.23. The van der Waals surface area contributed by atoms with Crippen LogP contribution in [0.15, 0.2) is 29.1 Å². The van der Waals surface area contributed by atoms with Crippen molar-refractivity contribution in [3.05, 3.63) is 24.0 Å². The number of nitrogens with two attached hydrogens (primary N) is 1. The minimum absolute atomic E-state index is 0.00643. The van der Waals surface area contributed by atoms with Crippen molar-refractivity contribution < 1.29 is 9.47 Å². The van der Waals surface area contributed by atoms with Crippen molar-refractivity contribution in [1.29, 1.82) is 0 Å². The van der Waals surface area contributed by atoms with E-state index in [0.717, 1.165) is 5.57 Å². The highest BCUT2D eigenvalue weighted by Crippen LogP contribution is 2.26. The molecule has 1 rings (SSSR count). The average Bonchev–Trinajstić information content (AvgIpc) is 2.17. The van der Waals surface area contributed by atoms with Crippen molar-refractivity contribution in [3.63, 3.8) is 0 Å². The smallest absolute Gasteiger partial charge is 0.273 e. The van der Waals surface area contributed by atoms with Gasteiger partial charge >= 0.3 is 0 Å². The van der Waals surface area contributed by atoms with Crippen LogP contribution >= 0.6 is 0 Å². The number of hydrogen-bond donors (Lipinski definition) is 1. The summed E-state index contributed by atoms with van der Waals surface area (Å²) in [6.07, 6.45) is 1.82. The molecule has 0 atom stereocenters. The van der Waals surface area contributed by atoms with E-state index in [4.69, 9.17) is 15.3 Å². The molecule has 1 saturated heterocycles. The van der Waals surface area contributed by atoms with E-state index in [2.05, 4.69) is 32.5 Å². The highest BCUT2D eigenvalue weighted by Gasteiger charge is 2.19. The Morgan fingerprint density at radius 1 is 1.40 bits per heavy atom. The minimum atomic E-state index is -0.00643. The van der Waals surface area contributed by atoms with Crippen LogP contribution < -0.4 is 5.84 Å². The molecule has 1 aliphatic rings. The Kier molecular flexibility index (Phi) is 3.39. The van der Waals surface area contributed by atoms with Gasteiger partial charge in [-0.2, -0.15) is 0 Å². The topological polar surface area (TPSA) is 56.8 Å². The molecule has 0 amide bonds. The van der Waals surface area contributed by atoms with Gasteiger partial charge in [-0.15, -0.1) is 5.10 Å². The monoisotopic (exact) mass is 210 g/mol. The number of nitrogens with zero attached hydrogens (tertiary/aromatic N) is 1. The maximum Gasteiger partial charge on any atom is 0.273 e. The third-order valence-electron chi connectivity index (χ3n) is 2.18. The molecule has 0 unspecified atom stereocenters. The van der Waals surface area contributed by atoms with Crippen molar-refractivity contribution in [2.75, 3.05) is 13.2 Å². The summed E-state index contributed by atoms with van der Waals surface area (Å²) in [5.74, 6) is 6.09. The Morgan fingerprint density at radius 2 is 2.00 bits per heavy atom. The summed E-state index contributed by atoms with van der Waals surface area (Å²) < 4.78 is 10.7. The molecule has 0 aliphatic carbocycles. The van der Waals surface area contributed by atoms with Gasteiger partial charge in [-0.1, -0.05) is 27.4 Å². The Bertz CT molecular complexity index is 311. The van der Waals surface area contributed by atoms with Crippen molar-refractivity contribution in [1.82, 2.24) is 0 Å². The molecule has 2 N–H and O–H groups in total. The molecule has 4 nitrogen and oxygen atoms in total. The second kappa shape index (κ2) is 4.38. The number of rotatable bonds is 1. The van der Waals surface area contributed by atoms with Crippen LogP contribution in [-0.4, -0.2) is 19.1 Å². The molecule has 84 valence electrons. The van der Waals surface area contributed by atoms with Crippen molar-refractivity contribution in [3.8, 4) is 0 Å². The van der Waals surface area contributed by atoms with Crippen LogP contribution in [0.3, 0.4) is 0 Å². The normalized spacial score (nSPS) is 22.3. The fraction of sp³-hybridized carbons (Fsp3) is 0.545. The summed E-state index contributed by atoms with van der Waals surface area (Å²) >= 11 is 0. The predicted octanol–water partition coefficient (Wildman–Crippen LogP) is 1.79. The summed E-state index contributed by atoms with van der Waals surface area (Å²) in [4.78, 5) is 0. The standard InChI is InChI=1S/C11H18N2O2/c1-8(11(2,3)4)7-9-10(13-12)15-6-5-14-9/h7H,1,5-6,12H2,2-4H3/b9-7+,13-10+. The second-order valence-electron chi connectivity index (χ2n) is 4.42. The fourth-order valence-electron chi connectivity index (χ4n) is 1.00. The number of hydrogen-bond acceptors (Lipinski definition) is 4. The molecule has 4 heteroatoms. The molecule has 1 fully saturated rings. The first-order chi connectivity index (χ1) is 6.95. The van der Waals surface area contributed by atoms with Crippen LogP contribution in [0.2, 0.25) is 0 Å². The second-order valence-corrected chi connectivity index (χ2v) is 4.42. The van der Waals surface area contributed by atoms with Crippen LogP contribution in [0, 0.1) is 5.41 Å². The number of hydrazone groups is 1. The van der Waals surface area contributed by atoms with Gasteiger partial charge in [0.15, 0.2) is 5.76 Å². The highest BCUT2D eigenvalue weighted by atomic mass is 16.6. The van der Waals surface area contributed by atoms with Gasteiger partial charge < -0.3 is 15.3 Å². The van der Waals surface area contributed by atoms with Gasteiger partial charge in [-0.3, -0.25) is 0 Å². The summed E-state index contributed by atoms with van der Waals surface area (Å²) in [6, 6.07) is 0. The van der Waals surface area contributed by atoms with Gasteiger partial charge in [0.05, 0.1) is 0 Å². The molecule has 0 spiro atoms. The fourth-order valence-corrected chi connectivity index (χ4v) is 1.00. The molecule has 0 bridgehead atoms. The Hall–Kier alpha value is -1.45. The molecule has 0 saturated carbocycles. The Morgan fingerprint density at radius 3 is 2.53 bits per heavy atom. The molecule has 0 aromatic rings. The van der Waals surface area contributed by atoms with E-state index in [0.29, 0.717) is 24.9 Å². The lowest BCUT2D eigenvalue weighted by molar-refractivity contribution is 0.116. The Balaban J connectivity index is 2.85. The zero-order chi connectivity index (χ0) is 11.5. The van der Waals surface area contributed by atoms with Crippen molar-refractivity contribution >= 4 is 5.90 Å². The molecular weight excluding hydrogens is 192 g/mol. The summed E-state index contributed by atoms with van der Waals surface area (Å²) in [6.45, 7) is 11.2. The molecule has 15 heavy (non-hydrogen) atoms. The maximum atomic E-state index is 5.41. The van der Waals surface area contributed by atoms with E-state index in [1.54, 1.807) is 0 Å². The third-order valence-corrected chi connectivity index (χ3v) is 2.18. The first-order valence-corrected chi connectivity index (χ1v) is 4.90. The van der Waals surface area contributed by atoms with Gasteiger partial charge in [0.2, 0.25) is 0 Å². The highest BCUT2D eigenvalue weighted by molar-refractivity contribution is 5.92. The SMILES string of the molecule is C=C(/C=C1/OCCO/C1=N/N)C(C)(C)C. The first kappa shape index (κ1) is 11.6. The predicted molar refractivity (Wildman–Crippen MR) is 60.2 cm³/mol. The molecular formula is C11H18N2O2. The zero-order valence-corrected chi connectivity index (χ0v) is 9.54. The van der Waals surface area contributed by atoms with Gasteiger partial charge in [0, 0.05) is 0 Å². The third kappa shape index (κ3) is 3.01. The molecule has 0 aromatic carbocycles. The summed E-state index contributed by atoms with van der Waals surface area (Å²) in [7, 11) is 0. The van der Waals surface area contributed by atoms with E-state index < -0.39 is 0 Å². The van der Waals surface area contributed by atoms with Gasteiger partial charge in [0.1, 0.15) is 13.2 Å². The zero-order valence-electron chi connectivity index (χ0n) is 9.54. The van der Waals surface area contributed by atoms with Crippen LogP contribution in [0.25, 0.3) is 0 Å². The van der Waals surface area contributed by atoms with Gasteiger partial charge in [-0.05, 0) is 17.1 Å². The van der Waals surface area contributed by atoms with E-state index in [1.165, 1.54) is 0 Å². The molecule has 0 radical (unpaired) electrons. The molecule has 0 aromatic heterocycles. The average molecular weight is 210 g/mol. The lowest BCUT2D eigenvalue weighted by Gasteiger charge is -2.23. The largest absolute Gasteiger partial charge is 0.484 e. The Labute approximate surface area is 90.4 Å². The van der Waals surface area contributed by atoms with E-state index in [-0.39, 0.29) is 5.41 Å². The first-order valence-electron chi connectivity index (χ1n) is 4.90. The number of ether oxygens (including phenoxy) is 2. The van der Waals surface area contributed by atoms with Crippen LogP contribution in [0.5, 0.6) is 0 Å². The molecule has 1 aliphatic heterocycles. The summed E-state index contributed by atoms with van der Waals surface area (Å²) in [5.41, 5.74) is 0.942. The maximum absolute atomic E-state index is 5.41. The van der Waals surface area contributed by atoms with Crippen LogP contribution in [-0.2, 0) is 9.47 Å². The van der Waals surface area contributed by atoms with Crippen molar-refractivity contribution in [2.45, 2.75) is 20.8 Å². The van der Waals surface area contributed by atoms with E-state index >= 15 is 0 Å². The number of allylic oxidation sites excluding steroid dienone is 2. The minimum Gasteiger partial charge on any atom is -0.484 e. The lowest BCUT2D eigenvalue weighted by atomic mass is 9.87. The summed E-state index contributed by atoms with van der Waals surface area (Å²) in [5, 5.41) is 3.52. The van der Waals surface area contributed by atoms with Crippen molar-refractivity contribution in [2.24, 2.45) is 16.4 Å². The van der Waals surface area contributed by atoms with E-state index in [1.807, 2.05) is 6.08 Å². The van der Waals surface area contributed by atoms with Crippen LogP contribution in [0.4, 0.5) is 0 Å². The van der Waals surface area contributed by atoms with Gasteiger partial charge in [-0.25, -0.2) is 0 Å². The molecule has 1 heterocycles. The van der Waals surface area contributed by atoms with E-state index in [9.17, 15) is 0 Å². The quantitative estimate of drug-likeness (QED) is 0.530. The van der Waals surface area contributed by atoms with Crippen LogP contribution in [0.1, 0.15) is 20.8 Å². The van der Waals surface area contributed by atoms with Gasteiger partial charge in [0.25, 0.3) is 5.90 Å².